The van der Waals surface area contributed by atoms with Gasteiger partial charge in [-0.2, -0.15) is 0 Å². The fraction of sp³-hybridized carbons (Fsp3) is 1.00. The van der Waals surface area contributed by atoms with Gasteiger partial charge in [-0.3, -0.25) is 4.90 Å². The maximum Gasteiger partial charge on any atom is 0.0695 e. The smallest absolute Gasteiger partial charge is 0.0695 e. The number of piperazine rings is 1. The highest BCUT2D eigenvalue weighted by molar-refractivity contribution is 4.86. The van der Waals surface area contributed by atoms with Crippen molar-refractivity contribution in [2.45, 2.75) is 31.4 Å². The molecule has 0 aromatic rings. The molecule has 1 aliphatic carbocycles. The van der Waals surface area contributed by atoms with E-state index in [1.165, 1.54) is 12.8 Å². The van der Waals surface area contributed by atoms with Gasteiger partial charge < -0.3 is 10.4 Å². The molecule has 2 aliphatic rings. The molecule has 0 aromatic carbocycles. The molecular weight excluding hydrogens is 152 g/mol. The molecular formula is C9H18N2O. The van der Waals surface area contributed by atoms with E-state index in [4.69, 9.17) is 0 Å². The van der Waals surface area contributed by atoms with E-state index >= 15 is 0 Å². The zero-order chi connectivity index (χ0) is 8.39. The highest BCUT2D eigenvalue weighted by Crippen LogP contribution is 2.24. The van der Waals surface area contributed by atoms with Crippen LogP contribution in [0.2, 0.25) is 0 Å². The van der Waals surface area contributed by atoms with Gasteiger partial charge in [0.05, 0.1) is 6.10 Å². The summed E-state index contributed by atoms with van der Waals surface area (Å²) in [7, 11) is 0. The first-order chi connectivity index (χ1) is 5.88. The average Bonchev–Trinajstić information content (AvgIpc) is 2.53. The van der Waals surface area contributed by atoms with Crippen LogP contribution in [0, 0.1) is 0 Å². The Bertz CT molecular complexity index is 145. The normalized spacial score (nSPS) is 38.8. The summed E-state index contributed by atoms with van der Waals surface area (Å²) < 4.78 is 0. The Morgan fingerprint density at radius 2 is 1.92 bits per heavy atom. The number of nitrogens with one attached hydrogen (secondary N) is 1. The largest absolute Gasteiger partial charge is 0.391 e. The summed E-state index contributed by atoms with van der Waals surface area (Å²) in [5.74, 6) is 0. The number of hydrogen-bond donors (Lipinski definition) is 2. The maximum atomic E-state index is 9.68. The monoisotopic (exact) mass is 170 g/mol. The van der Waals surface area contributed by atoms with E-state index in [0.29, 0.717) is 6.04 Å². The lowest BCUT2D eigenvalue weighted by Gasteiger charge is -2.34. The first-order valence-electron chi connectivity index (χ1n) is 5.01. The Morgan fingerprint density at radius 1 is 1.17 bits per heavy atom. The molecule has 1 saturated heterocycles. The topological polar surface area (TPSA) is 35.5 Å². The second-order valence-electron chi connectivity index (χ2n) is 3.85. The van der Waals surface area contributed by atoms with Crippen molar-refractivity contribution < 1.29 is 5.11 Å². The van der Waals surface area contributed by atoms with Crippen molar-refractivity contribution in [3.8, 4) is 0 Å². The highest BCUT2D eigenvalue weighted by Gasteiger charge is 2.30. The van der Waals surface area contributed by atoms with Crippen LogP contribution < -0.4 is 5.32 Å². The molecule has 3 nitrogen and oxygen atoms in total. The van der Waals surface area contributed by atoms with Gasteiger partial charge in [-0.1, -0.05) is 0 Å². The molecule has 2 fully saturated rings. The predicted molar refractivity (Wildman–Crippen MR) is 48.1 cm³/mol. The standard InChI is InChI=1S/C9H18N2O/c12-9-3-1-2-8(9)11-6-4-10-5-7-11/h8-10,12H,1-7H2. The lowest BCUT2D eigenvalue weighted by atomic mass is 10.1. The quantitative estimate of drug-likeness (QED) is 0.572. The van der Waals surface area contributed by atoms with Gasteiger partial charge in [0, 0.05) is 32.2 Å². The van der Waals surface area contributed by atoms with Crippen LogP contribution in [0.3, 0.4) is 0 Å². The Balaban J connectivity index is 1.89. The van der Waals surface area contributed by atoms with E-state index in [1.54, 1.807) is 0 Å². The summed E-state index contributed by atoms with van der Waals surface area (Å²) in [6.45, 7) is 4.40. The third-order valence-electron chi connectivity index (χ3n) is 3.06. The molecule has 2 rings (SSSR count). The van der Waals surface area contributed by atoms with Crippen molar-refractivity contribution >= 4 is 0 Å². The number of aliphatic hydroxyl groups excluding tert-OH is 1. The SMILES string of the molecule is OC1CCCC1N1CCNCC1. The van der Waals surface area contributed by atoms with Gasteiger partial charge in [0.2, 0.25) is 0 Å². The van der Waals surface area contributed by atoms with Gasteiger partial charge in [0.1, 0.15) is 0 Å². The first kappa shape index (κ1) is 8.48. The summed E-state index contributed by atoms with van der Waals surface area (Å²) >= 11 is 0. The van der Waals surface area contributed by atoms with E-state index in [0.717, 1.165) is 32.6 Å². The predicted octanol–water partition coefficient (Wildman–Crippen LogP) is -0.195. The highest BCUT2D eigenvalue weighted by atomic mass is 16.3. The molecule has 2 atom stereocenters. The summed E-state index contributed by atoms with van der Waals surface area (Å²) in [5, 5.41) is 13.0. The molecule has 3 heteroatoms. The van der Waals surface area contributed by atoms with Crippen molar-refractivity contribution in [2.24, 2.45) is 0 Å². The molecule has 12 heavy (non-hydrogen) atoms. The minimum Gasteiger partial charge on any atom is -0.391 e. The first-order valence-corrected chi connectivity index (χ1v) is 5.01. The molecule has 0 aromatic heterocycles. The van der Waals surface area contributed by atoms with E-state index < -0.39 is 0 Å². The Hall–Kier alpha value is -0.120. The Morgan fingerprint density at radius 3 is 2.50 bits per heavy atom. The molecule has 2 unspecified atom stereocenters. The number of aliphatic hydroxyl groups is 1. The molecule has 1 aliphatic heterocycles. The van der Waals surface area contributed by atoms with Crippen molar-refractivity contribution in [1.29, 1.82) is 0 Å². The van der Waals surface area contributed by atoms with Gasteiger partial charge in [-0.25, -0.2) is 0 Å². The van der Waals surface area contributed by atoms with Crippen molar-refractivity contribution in [2.75, 3.05) is 26.2 Å². The zero-order valence-electron chi connectivity index (χ0n) is 7.50. The number of rotatable bonds is 1. The second kappa shape index (κ2) is 3.73. The van der Waals surface area contributed by atoms with Crippen LogP contribution in [-0.4, -0.2) is 48.3 Å². The molecule has 0 radical (unpaired) electrons. The fourth-order valence-electron chi connectivity index (χ4n) is 2.36. The van der Waals surface area contributed by atoms with Crippen LogP contribution in [-0.2, 0) is 0 Å². The average molecular weight is 170 g/mol. The minimum atomic E-state index is -0.0527. The maximum absolute atomic E-state index is 9.68. The van der Waals surface area contributed by atoms with Crippen molar-refractivity contribution in [3.63, 3.8) is 0 Å². The number of nitrogens with zero attached hydrogens (tertiary/aromatic N) is 1. The van der Waals surface area contributed by atoms with Gasteiger partial charge in [0.15, 0.2) is 0 Å². The van der Waals surface area contributed by atoms with Gasteiger partial charge >= 0.3 is 0 Å². The molecule has 0 bridgehead atoms. The number of hydrogen-bond acceptors (Lipinski definition) is 3. The van der Waals surface area contributed by atoms with Crippen molar-refractivity contribution in [1.82, 2.24) is 10.2 Å². The molecule has 2 N–H and O–H groups in total. The fourth-order valence-corrected chi connectivity index (χ4v) is 2.36. The van der Waals surface area contributed by atoms with Gasteiger partial charge in [0.25, 0.3) is 0 Å². The van der Waals surface area contributed by atoms with Gasteiger partial charge in [-0.05, 0) is 19.3 Å². The summed E-state index contributed by atoms with van der Waals surface area (Å²) in [4.78, 5) is 2.44. The molecule has 0 amide bonds. The lowest BCUT2D eigenvalue weighted by molar-refractivity contribution is 0.0633. The van der Waals surface area contributed by atoms with Crippen LogP contribution in [0.15, 0.2) is 0 Å². The van der Waals surface area contributed by atoms with Crippen LogP contribution in [0.25, 0.3) is 0 Å². The van der Waals surface area contributed by atoms with E-state index in [2.05, 4.69) is 10.2 Å². The zero-order valence-corrected chi connectivity index (χ0v) is 7.50. The van der Waals surface area contributed by atoms with Crippen LogP contribution in [0.4, 0.5) is 0 Å². The van der Waals surface area contributed by atoms with E-state index in [-0.39, 0.29) is 6.10 Å². The van der Waals surface area contributed by atoms with Crippen LogP contribution >= 0.6 is 0 Å². The van der Waals surface area contributed by atoms with E-state index in [9.17, 15) is 5.11 Å². The summed E-state index contributed by atoms with van der Waals surface area (Å²) in [5.41, 5.74) is 0. The molecule has 1 heterocycles. The van der Waals surface area contributed by atoms with E-state index in [1.807, 2.05) is 0 Å². The third-order valence-corrected chi connectivity index (χ3v) is 3.06. The molecule has 1 saturated carbocycles. The Kier molecular flexibility index (Phi) is 2.63. The van der Waals surface area contributed by atoms with Gasteiger partial charge in [-0.15, -0.1) is 0 Å². The van der Waals surface area contributed by atoms with Crippen molar-refractivity contribution in [3.05, 3.63) is 0 Å². The summed E-state index contributed by atoms with van der Waals surface area (Å²) in [6.07, 6.45) is 3.36. The Labute approximate surface area is 73.8 Å². The minimum absolute atomic E-state index is 0.0527. The molecule has 70 valence electrons. The van der Waals surface area contributed by atoms with Crippen LogP contribution in [0.5, 0.6) is 0 Å². The summed E-state index contributed by atoms with van der Waals surface area (Å²) in [6, 6.07) is 0.465. The second-order valence-corrected chi connectivity index (χ2v) is 3.85. The third kappa shape index (κ3) is 1.63. The van der Waals surface area contributed by atoms with Crippen LogP contribution in [0.1, 0.15) is 19.3 Å². The molecule has 0 spiro atoms. The lowest BCUT2D eigenvalue weighted by Crippen LogP contribution is -2.50.